The summed E-state index contributed by atoms with van der Waals surface area (Å²) >= 11 is 0. The maximum Gasteiger partial charge on any atom is 0.407 e. The Morgan fingerprint density at radius 2 is 1.32 bits per heavy atom. The highest BCUT2D eigenvalue weighted by Gasteiger charge is 2.40. The number of H-pyrrole nitrogens is 1. The van der Waals surface area contributed by atoms with Crippen LogP contribution in [0.5, 0.6) is 0 Å². The van der Waals surface area contributed by atoms with Crippen LogP contribution in [0.25, 0.3) is 33.5 Å². The topological polar surface area (TPSA) is 184 Å². The van der Waals surface area contributed by atoms with E-state index in [4.69, 9.17) is 29.4 Å². The molecular weight excluding hydrogens is 715 g/mol. The molecule has 4 aromatic rings. The third-order valence-corrected chi connectivity index (χ3v) is 11.0. The molecule has 2 aromatic carbocycles. The molecule has 0 unspecified atom stereocenters. The number of ether oxygens (including phenoxy) is 2. The number of hydrogen-bond acceptors (Lipinski definition) is 10. The summed E-state index contributed by atoms with van der Waals surface area (Å²) in [6.07, 6.45) is 6.19. The van der Waals surface area contributed by atoms with E-state index in [0.29, 0.717) is 36.7 Å². The quantitative estimate of drug-likeness (QED) is 0.182. The van der Waals surface area contributed by atoms with Crippen molar-refractivity contribution in [2.24, 2.45) is 16.8 Å². The van der Waals surface area contributed by atoms with Crippen molar-refractivity contribution in [3.63, 3.8) is 0 Å². The number of alkyl carbamates (subject to hydrolysis) is 2. The number of aromatic amines is 1. The highest BCUT2D eigenvalue weighted by atomic mass is 16.5. The number of imidazole rings is 1. The average Bonchev–Trinajstić information content (AvgIpc) is 4.03. The van der Waals surface area contributed by atoms with Gasteiger partial charge in [0.15, 0.2) is 0 Å². The Hall–Kier alpha value is -5.86. The summed E-state index contributed by atoms with van der Waals surface area (Å²) in [6, 6.07) is 10.2. The van der Waals surface area contributed by atoms with Gasteiger partial charge in [0.2, 0.25) is 11.8 Å². The number of amides is 4. The SMILES string of the molecule is COC(=O)N[C@H](C(=O)N1CCC[C@H]1C1=Nc2cc(-c3cnc(-c4ccc5nc([C@@H]6CCCN6C(=O)[C@@H](NC(=O)OC)C(C)C)[nH]c5c4)cn3)ccc2C1)C(C)C. The van der Waals surface area contributed by atoms with Crippen molar-refractivity contribution >= 4 is 46.4 Å². The lowest BCUT2D eigenvalue weighted by molar-refractivity contribution is -0.135. The van der Waals surface area contributed by atoms with Crippen LogP contribution in [0.4, 0.5) is 15.3 Å². The van der Waals surface area contributed by atoms with E-state index in [1.807, 2.05) is 62.9 Å². The number of carbonyl (C=O) groups is 4. The third kappa shape index (κ3) is 7.66. The number of aliphatic imine (C=N–C) groups is 1. The molecule has 0 radical (unpaired) electrons. The summed E-state index contributed by atoms with van der Waals surface area (Å²) in [5.41, 5.74) is 7.68. The van der Waals surface area contributed by atoms with Gasteiger partial charge in [-0.2, -0.15) is 0 Å². The number of nitrogens with one attached hydrogen (secondary N) is 3. The largest absolute Gasteiger partial charge is 0.453 e. The summed E-state index contributed by atoms with van der Waals surface area (Å²) in [5, 5.41) is 5.41. The maximum absolute atomic E-state index is 13.6. The summed E-state index contributed by atoms with van der Waals surface area (Å²) in [4.78, 5) is 77.7. The van der Waals surface area contributed by atoms with Crippen molar-refractivity contribution in [1.82, 2.24) is 40.4 Å². The molecule has 4 amide bonds. The standard InChI is InChI=1S/C41H49N9O6/c1-22(2)35(47-40(53)55-5)38(51)49-15-7-9-33(49)30-19-24-11-12-25(17-28(24)44-30)31-20-43-32(21-42-31)26-13-14-27-29(18-26)46-37(45-27)34-10-8-16-50(34)39(52)36(23(3)4)48-41(54)56-6/h11-14,17-18,20-23,33-36H,7-10,15-16,19H2,1-6H3,(H,45,46)(H,47,53)(H,48,54)/t33-,34-,35-,36-/m0/s1. The lowest BCUT2D eigenvalue weighted by Crippen LogP contribution is -2.53. The lowest BCUT2D eigenvalue weighted by Gasteiger charge is -2.30. The normalized spacial score (nSPS) is 18.9. The smallest absolute Gasteiger partial charge is 0.407 e. The Labute approximate surface area is 325 Å². The highest BCUT2D eigenvalue weighted by Crippen LogP contribution is 2.36. The number of likely N-dealkylation sites (tertiary alicyclic amines) is 2. The molecule has 15 heteroatoms. The zero-order chi connectivity index (χ0) is 39.7. The van der Waals surface area contributed by atoms with E-state index in [0.717, 1.165) is 64.8 Å². The molecule has 56 heavy (non-hydrogen) atoms. The van der Waals surface area contributed by atoms with Crippen LogP contribution in [0.3, 0.4) is 0 Å². The Kier molecular flexibility index (Phi) is 11.0. The molecule has 5 heterocycles. The number of nitrogens with zero attached hydrogens (tertiary/aromatic N) is 6. The Morgan fingerprint density at radius 3 is 1.89 bits per heavy atom. The number of aromatic nitrogens is 4. The molecule has 3 aliphatic heterocycles. The minimum atomic E-state index is -0.704. The minimum absolute atomic E-state index is 0.101. The van der Waals surface area contributed by atoms with Crippen molar-refractivity contribution in [2.45, 2.75) is 84.0 Å². The summed E-state index contributed by atoms with van der Waals surface area (Å²) in [6.45, 7) is 8.80. The van der Waals surface area contributed by atoms with Crippen LogP contribution in [0.15, 0.2) is 53.8 Å². The molecule has 2 saturated heterocycles. The molecule has 0 aliphatic carbocycles. The van der Waals surface area contributed by atoms with Gasteiger partial charge in [0.1, 0.15) is 17.9 Å². The van der Waals surface area contributed by atoms with E-state index in [2.05, 4.69) is 21.7 Å². The molecule has 0 saturated carbocycles. The van der Waals surface area contributed by atoms with Crippen molar-refractivity contribution in [3.8, 4) is 22.5 Å². The van der Waals surface area contributed by atoms with Crippen molar-refractivity contribution in [3.05, 3.63) is 60.2 Å². The van der Waals surface area contributed by atoms with Gasteiger partial charge in [0.05, 0.1) is 66.8 Å². The Morgan fingerprint density at radius 1 is 0.768 bits per heavy atom. The van der Waals surface area contributed by atoms with Crippen molar-refractivity contribution in [1.29, 1.82) is 0 Å². The first-order chi connectivity index (χ1) is 26.9. The summed E-state index contributed by atoms with van der Waals surface area (Å²) in [7, 11) is 2.58. The molecule has 3 N–H and O–H groups in total. The van der Waals surface area contributed by atoms with E-state index in [-0.39, 0.29) is 35.7 Å². The van der Waals surface area contributed by atoms with E-state index in [1.165, 1.54) is 14.2 Å². The highest BCUT2D eigenvalue weighted by molar-refractivity contribution is 6.01. The number of methoxy groups -OCH3 is 2. The molecule has 2 fully saturated rings. The number of benzene rings is 2. The molecule has 0 bridgehead atoms. The van der Waals surface area contributed by atoms with E-state index < -0.39 is 24.3 Å². The minimum Gasteiger partial charge on any atom is -0.453 e. The molecule has 15 nitrogen and oxygen atoms in total. The molecule has 294 valence electrons. The van der Waals surface area contributed by atoms with Crippen molar-refractivity contribution in [2.75, 3.05) is 27.3 Å². The second-order valence-corrected chi connectivity index (χ2v) is 15.4. The van der Waals surface area contributed by atoms with Gasteiger partial charge in [-0.05, 0) is 61.3 Å². The van der Waals surface area contributed by atoms with E-state index >= 15 is 0 Å². The first-order valence-electron chi connectivity index (χ1n) is 19.3. The summed E-state index contributed by atoms with van der Waals surface area (Å²) in [5.74, 6) is 0.213. The van der Waals surface area contributed by atoms with Gasteiger partial charge in [0, 0.05) is 36.3 Å². The van der Waals surface area contributed by atoms with Gasteiger partial charge in [-0.25, -0.2) is 14.6 Å². The molecule has 3 aliphatic rings. The molecular formula is C41H49N9O6. The van der Waals surface area contributed by atoms with Crippen LogP contribution in [-0.2, 0) is 25.5 Å². The molecule has 0 spiro atoms. The third-order valence-electron chi connectivity index (χ3n) is 11.0. The number of carbonyl (C=O) groups excluding carboxylic acids is 4. The van der Waals surface area contributed by atoms with Gasteiger partial charge in [-0.3, -0.25) is 24.5 Å². The maximum atomic E-state index is 13.6. The van der Waals surface area contributed by atoms with Crippen molar-refractivity contribution < 1.29 is 28.7 Å². The zero-order valence-electron chi connectivity index (χ0n) is 32.7. The van der Waals surface area contributed by atoms with Gasteiger partial charge >= 0.3 is 12.2 Å². The molecule has 2 aromatic heterocycles. The average molecular weight is 764 g/mol. The second-order valence-electron chi connectivity index (χ2n) is 15.4. The molecule has 4 atom stereocenters. The van der Waals surface area contributed by atoms with Gasteiger partial charge in [-0.1, -0.05) is 45.9 Å². The van der Waals surface area contributed by atoms with Gasteiger partial charge in [-0.15, -0.1) is 0 Å². The second kappa shape index (κ2) is 16.1. The fourth-order valence-corrected chi connectivity index (χ4v) is 7.98. The fourth-order valence-electron chi connectivity index (χ4n) is 7.98. The van der Waals surface area contributed by atoms with Crippen LogP contribution in [0.1, 0.15) is 70.8 Å². The van der Waals surface area contributed by atoms with Crippen LogP contribution in [-0.4, -0.2) is 105 Å². The predicted octanol–water partition coefficient (Wildman–Crippen LogP) is 5.73. The number of fused-ring (bicyclic) bond motifs is 2. The van der Waals surface area contributed by atoms with Crippen LogP contribution >= 0.6 is 0 Å². The number of rotatable bonds is 10. The molecule has 7 rings (SSSR count). The predicted molar refractivity (Wildman–Crippen MR) is 210 cm³/mol. The van der Waals surface area contributed by atoms with E-state index in [9.17, 15) is 19.2 Å². The Balaban J connectivity index is 1.05. The first kappa shape index (κ1) is 38.4. The lowest BCUT2D eigenvalue weighted by atomic mass is 9.99. The van der Waals surface area contributed by atoms with Crippen LogP contribution in [0, 0.1) is 11.8 Å². The fraction of sp³-hybridized carbons (Fsp3) is 0.463. The van der Waals surface area contributed by atoms with E-state index in [1.54, 1.807) is 17.3 Å². The first-order valence-corrected chi connectivity index (χ1v) is 19.3. The van der Waals surface area contributed by atoms with Gasteiger partial charge < -0.3 is 34.9 Å². The summed E-state index contributed by atoms with van der Waals surface area (Å²) < 4.78 is 9.53. The van der Waals surface area contributed by atoms with Crippen LogP contribution < -0.4 is 10.6 Å². The Bertz CT molecular complexity index is 2160. The number of hydrogen-bond donors (Lipinski definition) is 3. The van der Waals surface area contributed by atoms with Gasteiger partial charge in [0.25, 0.3) is 0 Å². The zero-order valence-corrected chi connectivity index (χ0v) is 32.7. The monoisotopic (exact) mass is 763 g/mol. The van der Waals surface area contributed by atoms with Crippen LogP contribution in [0.2, 0.25) is 0 Å².